The molecule has 29 heavy (non-hydrogen) atoms. The van der Waals surface area contributed by atoms with E-state index in [0.717, 1.165) is 34.0 Å². The first-order valence-corrected chi connectivity index (χ1v) is 10.2. The Kier molecular flexibility index (Phi) is 6.77. The van der Waals surface area contributed by atoms with Crippen LogP contribution >= 0.6 is 11.8 Å². The number of aliphatic carboxylic acids is 1. The molecule has 1 atom stereocenters. The second-order valence-electron chi connectivity index (χ2n) is 6.45. The average Bonchev–Trinajstić information content (AvgIpc) is 3.05. The van der Waals surface area contributed by atoms with Gasteiger partial charge in [0.15, 0.2) is 0 Å². The molecule has 8 heteroatoms. The number of thioether (sulfide) groups is 1. The van der Waals surface area contributed by atoms with Crippen LogP contribution in [0.2, 0.25) is 0 Å². The Hall–Kier alpha value is -3.00. The molecule has 0 saturated heterocycles. The minimum absolute atomic E-state index is 0.00660. The molecule has 1 amide bonds. The lowest BCUT2D eigenvalue weighted by molar-refractivity contribution is -0.139. The van der Waals surface area contributed by atoms with Crippen molar-refractivity contribution < 1.29 is 29.0 Å². The van der Waals surface area contributed by atoms with E-state index < -0.39 is 24.1 Å². The maximum Gasteiger partial charge on any atom is 0.407 e. The number of hydrogen-bond donors (Lipinski definition) is 2. The molecule has 1 aliphatic rings. The van der Waals surface area contributed by atoms with E-state index in [1.54, 1.807) is 0 Å². The number of alkyl carbamates (subject to hydrolysis) is 1. The van der Waals surface area contributed by atoms with Crippen molar-refractivity contribution in [2.75, 3.05) is 25.2 Å². The van der Waals surface area contributed by atoms with Crippen LogP contribution in [0.4, 0.5) is 4.79 Å². The number of esters is 1. The monoisotopic (exact) mass is 415 g/mol. The molecule has 0 saturated carbocycles. The topological polar surface area (TPSA) is 102 Å². The first-order valence-electron chi connectivity index (χ1n) is 9.00. The number of rotatable bonds is 8. The largest absolute Gasteiger partial charge is 0.480 e. The Morgan fingerprint density at radius 3 is 2.21 bits per heavy atom. The predicted octanol–water partition coefficient (Wildman–Crippen LogP) is 2.88. The maximum absolute atomic E-state index is 12.2. The summed E-state index contributed by atoms with van der Waals surface area (Å²) in [6.07, 6.45) is -0.807. The third kappa shape index (κ3) is 4.89. The van der Waals surface area contributed by atoms with E-state index in [2.05, 4.69) is 10.1 Å². The summed E-state index contributed by atoms with van der Waals surface area (Å²) in [5, 5.41) is 11.6. The van der Waals surface area contributed by atoms with Gasteiger partial charge in [-0.1, -0.05) is 48.5 Å². The molecule has 0 bridgehead atoms. The molecule has 152 valence electrons. The van der Waals surface area contributed by atoms with Crippen molar-refractivity contribution >= 4 is 29.8 Å². The van der Waals surface area contributed by atoms with Crippen molar-refractivity contribution in [3.8, 4) is 11.1 Å². The lowest BCUT2D eigenvalue weighted by atomic mass is 9.98. The second-order valence-corrected chi connectivity index (χ2v) is 7.48. The van der Waals surface area contributed by atoms with Gasteiger partial charge in [-0.25, -0.2) is 9.59 Å². The van der Waals surface area contributed by atoms with Gasteiger partial charge in [-0.05, 0) is 22.3 Å². The van der Waals surface area contributed by atoms with E-state index in [1.807, 2.05) is 48.5 Å². The number of methoxy groups -OCH3 is 1. The first kappa shape index (κ1) is 20.7. The number of nitrogens with one attached hydrogen (secondary N) is 1. The summed E-state index contributed by atoms with van der Waals surface area (Å²) >= 11 is 1.06. The molecule has 0 aliphatic heterocycles. The van der Waals surface area contributed by atoms with Gasteiger partial charge in [0.2, 0.25) is 0 Å². The fourth-order valence-corrected chi connectivity index (χ4v) is 4.14. The summed E-state index contributed by atoms with van der Waals surface area (Å²) in [6.45, 7) is 0.0987. The van der Waals surface area contributed by atoms with Crippen LogP contribution in [0.3, 0.4) is 0 Å². The molecule has 0 radical (unpaired) electrons. The number of hydrogen-bond acceptors (Lipinski definition) is 6. The Labute approximate surface area is 172 Å². The SMILES string of the molecule is COC(=O)CSCC(NC(=O)OCC1c2ccccc2-c2ccccc21)C(=O)O. The Bertz CT molecular complexity index is 870. The zero-order valence-electron chi connectivity index (χ0n) is 15.8. The number of benzene rings is 2. The normalized spacial score (nSPS) is 13.1. The zero-order chi connectivity index (χ0) is 20.8. The van der Waals surface area contributed by atoms with Crippen molar-refractivity contribution in [2.24, 2.45) is 0 Å². The summed E-state index contributed by atoms with van der Waals surface area (Å²) < 4.78 is 9.86. The highest BCUT2D eigenvalue weighted by Gasteiger charge is 2.29. The van der Waals surface area contributed by atoms with Gasteiger partial charge < -0.3 is 19.9 Å². The Balaban J connectivity index is 1.60. The van der Waals surface area contributed by atoms with E-state index in [0.29, 0.717) is 0 Å². The molecule has 2 aromatic rings. The summed E-state index contributed by atoms with van der Waals surface area (Å²) in [6, 6.07) is 14.7. The molecular weight excluding hydrogens is 394 g/mol. The minimum atomic E-state index is -1.20. The molecule has 1 unspecified atom stereocenters. The van der Waals surface area contributed by atoms with Crippen molar-refractivity contribution in [3.63, 3.8) is 0 Å². The quantitative estimate of drug-likeness (QED) is 0.639. The Morgan fingerprint density at radius 2 is 1.66 bits per heavy atom. The van der Waals surface area contributed by atoms with Gasteiger partial charge in [-0.15, -0.1) is 11.8 Å². The first-order chi connectivity index (χ1) is 14.0. The van der Waals surface area contributed by atoms with Crippen LogP contribution in [0, 0.1) is 0 Å². The lowest BCUT2D eigenvalue weighted by Gasteiger charge is -2.17. The fourth-order valence-electron chi connectivity index (χ4n) is 3.28. The van der Waals surface area contributed by atoms with E-state index in [9.17, 15) is 19.5 Å². The number of ether oxygens (including phenoxy) is 2. The van der Waals surface area contributed by atoms with E-state index >= 15 is 0 Å². The number of fused-ring (bicyclic) bond motifs is 3. The van der Waals surface area contributed by atoms with Gasteiger partial charge in [0.05, 0.1) is 12.9 Å². The number of carboxylic acids is 1. The van der Waals surface area contributed by atoms with E-state index in [1.165, 1.54) is 7.11 Å². The average molecular weight is 415 g/mol. The molecule has 2 N–H and O–H groups in total. The summed E-state index contributed by atoms with van der Waals surface area (Å²) in [5.74, 6) is -1.73. The minimum Gasteiger partial charge on any atom is -0.480 e. The molecule has 1 aliphatic carbocycles. The van der Waals surface area contributed by atoms with Crippen LogP contribution in [0.1, 0.15) is 17.0 Å². The molecule has 0 spiro atoms. The van der Waals surface area contributed by atoms with Gasteiger partial charge >= 0.3 is 18.0 Å². The molecule has 0 heterocycles. The van der Waals surface area contributed by atoms with E-state index in [4.69, 9.17) is 4.74 Å². The highest BCUT2D eigenvalue weighted by atomic mass is 32.2. The van der Waals surface area contributed by atoms with E-state index in [-0.39, 0.29) is 24.0 Å². The number of amides is 1. The highest BCUT2D eigenvalue weighted by molar-refractivity contribution is 8.00. The van der Waals surface area contributed by atoms with Gasteiger partial charge in [0.25, 0.3) is 0 Å². The summed E-state index contributed by atoms with van der Waals surface area (Å²) in [4.78, 5) is 34.7. The van der Waals surface area contributed by atoms with Gasteiger partial charge in [-0.2, -0.15) is 0 Å². The van der Waals surface area contributed by atoms with Gasteiger partial charge in [0, 0.05) is 11.7 Å². The van der Waals surface area contributed by atoms with Crippen molar-refractivity contribution in [1.82, 2.24) is 5.32 Å². The number of carboxylic acid groups (broad SMARTS) is 1. The molecule has 7 nitrogen and oxygen atoms in total. The smallest absolute Gasteiger partial charge is 0.407 e. The van der Waals surface area contributed by atoms with Crippen molar-refractivity contribution in [2.45, 2.75) is 12.0 Å². The Morgan fingerprint density at radius 1 is 1.07 bits per heavy atom. The molecule has 3 rings (SSSR count). The highest BCUT2D eigenvalue weighted by Crippen LogP contribution is 2.44. The van der Waals surface area contributed by atoms with Crippen LogP contribution in [-0.4, -0.2) is 54.4 Å². The third-order valence-electron chi connectivity index (χ3n) is 4.67. The molecule has 0 fully saturated rings. The van der Waals surface area contributed by atoms with Crippen LogP contribution in [-0.2, 0) is 19.1 Å². The van der Waals surface area contributed by atoms with Gasteiger partial charge in [0.1, 0.15) is 12.6 Å². The zero-order valence-corrected chi connectivity index (χ0v) is 16.6. The maximum atomic E-state index is 12.2. The van der Waals surface area contributed by atoms with Crippen LogP contribution < -0.4 is 5.32 Å². The number of carbonyl (C=O) groups is 3. The third-order valence-corrected chi connectivity index (χ3v) is 5.67. The van der Waals surface area contributed by atoms with Gasteiger partial charge in [-0.3, -0.25) is 4.79 Å². The van der Waals surface area contributed by atoms with Crippen molar-refractivity contribution in [1.29, 1.82) is 0 Å². The molecular formula is C21H21NO6S. The fraction of sp³-hybridized carbons (Fsp3) is 0.286. The van der Waals surface area contributed by atoms with Crippen molar-refractivity contribution in [3.05, 3.63) is 59.7 Å². The standard InChI is InChI=1S/C21H21NO6S/c1-27-19(23)12-29-11-18(20(24)25)22-21(26)28-10-17-15-8-4-2-6-13(15)14-7-3-5-9-16(14)17/h2-9,17-18H,10-12H2,1H3,(H,22,26)(H,24,25). The van der Waals surface area contributed by atoms with Crippen LogP contribution in [0.15, 0.2) is 48.5 Å². The molecule has 2 aromatic carbocycles. The van der Waals surface area contributed by atoms with Crippen LogP contribution in [0.25, 0.3) is 11.1 Å². The van der Waals surface area contributed by atoms with Crippen LogP contribution in [0.5, 0.6) is 0 Å². The summed E-state index contributed by atoms with van der Waals surface area (Å²) in [5.41, 5.74) is 4.37. The number of carbonyl (C=O) groups excluding carboxylic acids is 2. The molecule has 0 aromatic heterocycles. The summed E-state index contributed by atoms with van der Waals surface area (Å²) in [7, 11) is 1.26. The lowest BCUT2D eigenvalue weighted by Crippen LogP contribution is -2.43. The second kappa shape index (κ2) is 9.47. The predicted molar refractivity (Wildman–Crippen MR) is 109 cm³/mol.